The van der Waals surface area contributed by atoms with E-state index in [2.05, 4.69) is 34.2 Å². The van der Waals surface area contributed by atoms with Gasteiger partial charge < -0.3 is 10.0 Å². The second kappa shape index (κ2) is 18.9. The Morgan fingerprint density at radius 1 is 0.352 bits per heavy atom. The monoisotopic (exact) mass is 764 g/mol. The Hall–Kier alpha value is -5.67. The summed E-state index contributed by atoms with van der Waals surface area (Å²) in [4.78, 5) is 18.1. The maximum Gasteiger partial charge on any atom is 0.488 e. The highest BCUT2D eigenvalue weighted by Gasteiger charge is 2.11. The van der Waals surface area contributed by atoms with E-state index in [0.717, 1.165) is 50.6 Å². The van der Waals surface area contributed by atoms with Gasteiger partial charge in [-0.2, -0.15) is 0 Å². The summed E-state index contributed by atoms with van der Waals surface area (Å²) < 4.78 is 0. The molecule has 0 saturated heterocycles. The highest BCUT2D eigenvalue weighted by molar-refractivity contribution is 6.58. The first kappa shape index (κ1) is 38.1. The summed E-state index contributed by atoms with van der Waals surface area (Å²) in [5.41, 5.74) is 9.06. The van der Waals surface area contributed by atoms with Crippen molar-refractivity contribution in [2.75, 3.05) is 0 Å². The van der Waals surface area contributed by atoms with Crippen LogP contribution in [0.3, 0.4) is 0 Å². The van der Waals surface area contributed by atoms with Crippen molar-refractivity contribution in [2.45, 2.75) is 0 Å². The Bertz CT molecular complexity index is 2260. The van der Waals surface area contributed by atoms with Crippen LogP contribution in [0.1, 0.15) is 0 Å². The maximum absolute atomic E-state index is 8.63. The second-order valence-electron chi connectivity index (χ2n) is 11.8. The number of aromatic nitrogens is 4. The third kappa shape index (κ3) is 10.7. The van der Waals surface area contributed by atoms with Crippen molar-refractivity contribution in [3.63, 3.8) is 0 Å². The molecule has 6 nitrogen and oxygen atoms in total. The van der Waals surface area contributed by atoms with Gasteiger partial charge in [0.2, 0.25) is 5.28 Å². The zero-order chi connectivity index (χ0) is 37.7. The van der Waals surface area contributed by atoms with Crippen LogP contribution in [-0.4, -0.2) is 37.1 Å². The molecule has 0 atom stereocenters. The Labute approximate surface area is 329 Å². The Morgan fingerprint density at radius 2 is 0.667 bits per heavy atom. The standard InChI is InChI=1S/C22H15ClN2.C16H11ClN2.C6H6BClO2/c23-19-13-11-18(12-14-19)22-24-20(16-7-3-1-4-8-16)15-21(25-22)17-9-5-2-6-10-17;17-16-18-14(12-7-3-1-4-8-12)11-15(19-16)13-9-5-2-6-10-13;8-6-3-1-5(2-4-6)7(9)10/h1-15H;1-11H;1-4,9-10H. The molecule has 0 unspecified atom stereocenters. The van der Waals surface area contributed by atoms with Crippen LogP contribution in [0.5, 0.6) is 0 Å². The number of hydrogen-bond donors (Lipinski definition) is 2. The molecule has 2 aromatic heterocycles. The van der Waals surface area contributed by atoms with Gasteiger partial charge in [0.25, 0.3) is 0 Å². The molecule has 264 valence electrons. The van der Waals surface area contributed by atoms with Crippen LogP contribution in [0, 0.1) is 0 Å². The van der Waals surface area contributed by atoms with Crippen molar-refractivity contribution >= 4 is 47.4 Å². The molecule has 0 spiro atoms. The van der Waals surface area contributed by atoms with Crippen LogP contribution in [0.25, 0.3) is 56.4 Å². The van der Waals surface area contributed by atoms with Crippen LogP contribution in [0.15, 0.2) is 182 Å². The lowest BCUT2D eigenvalue weighted by atomic mass is 9.81. The molecule has 0 saturated carbocycles. The van der Waals surface area contributed by atoms with Crippen LogP contribution in [0.2, 0.25) is 15.3 Å². The smallest absolute Gasteiger partial charge is 0.423 e. The van der Waals surface area contributed by atoms with Crippen molar-refractivity contribution in [3.05, 3.63) is 197 Å². The van der Waals surface area contributed by atoms with E-state index in [4.69, 9.17) is 54.8 Å². The van der Waals surface area contributed by atoms with Crippen molar-refractivity contribution in [2.24, 2.45) is 0 Å². The molecule has 0 bridgehead atoms. The number of hydrogen-bond acceptors (Lipinski definition) is 6. The SMILES string of the molecule is Clc1ccc(-c2nc(-c3ccccc3)cc(-c3ccccc3)n2)cc1.Clc1nc(-c2ccccc2)cc(-c2ccccc2)n1.OB(O)c1ccc(Cl)cc1. The quantitative estimate of drug-likeness (QED) is 0.129. The zero-order valence-corrected chi connectivity index (χ0v) is 31.0. The highest BCUT2D eigenvalue weighted by Crippen LogP contribution is 2.28. The summed E-state index contributed by atoms with van der Waals surface area (Å²) >= 11 is 17.6. The van der Waals surface area contributed by atoms with E-state index in [9.17, 15) is 0 Å². The van der Waals surface area contributed by atoms with Gasteiger partial charge in [-0.1, -0.05) is 157 Å². The third-order valence-corrected chi connectivity index (χ3v) is 8.65. The molecule has 2 heterocycles. The highest BCUT2D eigenvalue weighted by atomic mass is 35.5. The zero-order valence-electron chi connectivity index (χ0n) is 28.7. The van der Waals surface area contributed by atoms with Gasteiger partial charge in [-0.15, -0.1) is 0 Å². The molecule has 8 rings (SSSR count). The maximum atomic E-state index is 8.63. The lowest BCUT2D eigenvalue weighted by Crippen LogP contribution is -2.29. The first-order chi connectivity index (χ1) is 26.3. The Morgan fingerprint density at radius 3 is 1.00 bits per heavy atom. The molecule has 54 heavy (non-hydrogen) atoms. The molecule has 0 fully saturated rings. The van der Waals surface area contributed by atoms with Gasteiger partial charge in [-0.25, -0.2) is 19.9 Å². The molecule has 6 aromatic carbocycles. The average molecular weight is 766 g/mol. The van der Waals surface area contributed by atoms with E-state index in [-0.39, 0.29) is 5.28 Å². The van der Waals surface area contributed by atoms with Crippen molar-refractivity contribution in [3.8, 4) is 56.4 Å². The average Bonchev–Trinajstić information content (AvgIpc) is 3.23. The van der Waals surface area contributed by atoms with E-state index >= 15 is 0 Å². The predicted octanol–water partition coefficient (Wildman–Crippen LogP) is 10.6. The minimum atomic E-state index is -1.41. The summed E-state index contributed by atoms with van der Waals surface area (Å²) in [5.74, 6) is 0.692. The van der Waals surface area contributed by atoms with E-state index < -0.39 is 7.12 Å². The Kier molecular flexibility index (Phi) is 13.3. The van der Waals surface area contributed by atoms with E-state index in [1.165, 1.54) is 0 Å². The number of halogens is 3. The predicted molar refractivity (Wildman–Crippen MR) is 223 cm³/mol. The van der Waals surface area contributed by atoms with Crippen LogP contribution >= 0.6 is 34.8 Å². The summed E-state index contributed by atoms with van der Waals surface area (Å²) in [6.07, 6.45) is 0. The van der Waals surface area contributed by atoms with E-state index in [0.29, 0.717) is 21.3 Å². The molecular formula is C44H32BCl3N4O2. The molecule has 0 aliphatic rings. The van der Waals surface area contributed by atoms with Gasteiger partial charge in [-0.3, -0.25) is 0 Å². The summed E-state index contributed by atoms with van der Waals surface area (Å²) in [6.45, 7) is 0. The van der Waals surface area contributed by atoms with Gasteiger partial charge in [0.15, 0.2) is 5.82 Å². The largest absolute Gasteiger partial charge is 0.488 e. The van der Waals surface area contributed by atoms with Crippen molar-refractivity contribution < 1.29 is 10.0 Å². The van der Waals surface area contributed by atoms with Gasteiger partial charge >= 0.3 is 7.12 Å². The number of benzene rings is 6. The van der Waals surface area contributed by atoms with E-state index in [1.54, 1.807) is 24.3 Å². The summed E-state index contributed by atoms with van der Waals surface area (Å²) in [6, 6.07) is 58.1. The molecule has 0 aliphatic heterocycles. The fourth-order valence-electron chi connectivity index (χ4n) is 5.26. The van der Waals surface area contributed by atoms with Crippen LogP contribution in [-0.2, 0) is 0 Å². The second-order valence-corrected chi connectivity index (χ2v) is 13.0. The van der Waals surface area contributed by atoms with Gasteiger partial charge in [-0.05, 0) is 65.6 Å². The number of nitrogens with zero attached hydrogens (tertiary/aromatic N) is 4. The molecule has 0 radical (unpaired) electrons. The van der Waals surface area contributed by atoms with Gasteiger partial charge in [0.05, 0.1) is 22.8 Å². The fraction of sp³-hybridized carbons (Fsp3) is 0. The molecule has 0 amide bonds. The van der Waals surface area contributed by atoms with Crippen LogP contribution in [0.4, 0.5) is 0 Å². The summed E-state index contributed by atoms with van der Waals surface area (Å²) in [7, 11) is -1.41. The van der Waals surface area contributed by atoms with Gasteiger partial charge in [0.1, 0.15) is 0 Å². The number of rotatable bonds is 6. The molecule has 10 heteroatoms. The minimum Gasteiger partial charge on any atom is -0.423 e. The minimum absolute atomic E-state index is 0.264. The Balaban J connectivity index is 0.000000151. The lowest BCUT2D eigenvalue weighted by molar-refractivity contribution is 0.426. The lowest BCUT2D eigenvalue weighted by Gasteiger charge is -2.09. The van der Waals surface area contributed by atoms with Gasteiger partial charge in [0, 0.05) is 37.9 Å². The first-order valence-electron chi connectivity index (χ1n) is 16.9. The third-order valence-electron chi connectivity index (χ3n) is 7.97. The van der Waals surface area contributed by atoms with Crippen LogP contribution < -0.4 is 5.46 Å². The van der Waals surface area contributed by atoms with E-state index in [1.807, 2.05) is 133 Å². The van der Waals surface area contributed by atoms with Crippen molar-refractivity contribution in [1.82, 2.24) is 19.9 Å². The fourth-order valence-corrected chi connectivity index (χ4v) is 5.69. The summed E-state index contributed by atoms with van der Waals surface area (Å²) in [5, 5.41) is 18.8. The molecular weight excluding hydrogens is 734 g/mol. The molecule has 0 aliphatic carbocycles. The molecule has 8 aromatic rings. The topological polar surface area (TPSA) is 92.0 Å². The first-order valence-corrected chi connectivity index (χ1v) is 18.0. The molecule has 2 N–H and O–H groups in total. The normalized spacial score (nSPS) is 10.3. The van der Waals surface area contributed by atoms with Crippen molar-refractivity contribution in [1.29, 1.82) is 0 Å².